The zero-order chi connectivity index (χ0) is 28.6. The van der Waals surface area contributed by atoms with Crippen molar-refractivity contribution in [2.75, 3.05) is 36.9 Å². The Balaban J connectivity index is 1.36. The second-order valence-electron chi connectivity index (χ2n) is 10.5. The Morgan fingerprint density at radius 1 is 1.02 bits per heavy atom. The smallest absolute Gasteiger partial charge is 0.213 e. The minimum atomic E-state index is -3.25. The van der Waals surface area contributed by atoms with Crippen LogP contribution in [-0.2, 0) is 16.4 Å². The topological polar surface area (TPSA) is 75.6 Å². The van der Waals surface area contributed by atoms with Crippen molar-refractivity contribution in [3.8, 4) is 17.0 Å². The number of hydrogen-bond acceptors (Lipinski definition) is 6. The lowest BCUT2D eigenvalue weighted by Gasteiger charge is -2.34. The third-order valence-electron chi connectivity index (χ3n) is 7.68. The van der Waals surface area contributed by atoms with Crippen LogP contribution in [-0.4, -0.2) is 60.7 Å². The Bertz CT molecular complexity index is 1510. The molecule has 7 nitrogen and oxygen atoms in total. The van der Waals surface area contributed by atoms with Crippen LogP contribution >= 0.6 is 0 Å². The highest BCUT2D eigenvalue weighted by Crippen LogP contribution is 2.39. The van der Waals surface area contributed by atoms with E-state index in [1.54, 1.807) is 25.1 Å². The molecule has 0 bridgehead atoms. The van der Waals surface area contributed by atoms with Crippen molar-refractivity contribution in [2.24, 2.45) is 0 Å². The Labute approximate surface area is 233 Å². The summed E-state index contributed by atoms with van der Waals surface area (Å²) >= 11 is 0. The van der Waals surface area contributed by atoms with Gasteiger partial charge in [-0.3, -0.25) is 0 Å². The summed E-state index contributed by atoms with van der Waals surface area (Å²) in [4.78, 5) is 10.5. The highest BCUT2D eigenvalue weighted by atomic mass is 32.2. The van der Waals surface area contributed by atoms with Crippen molar-refractivity contribution >= 4 is 15.7 Å². The molecular formula is C29H33F3N4O3S. The van der Waals surface area contributed by atoms with E-state index in [2.05, 4.69) is 9.97 Å². The quantitative estimate of drug-likeness (QED) is 0.382. The molecule has 0 spiro atoms. The number of benzene rings is 2. The maximum absolute atomic E-state index is 15.2. The summed E-state index contributed by atoms with van der Waals surface area (Å²) in [5.74, 6) is -1.24. The summed E-state index contributed by atoms with van der Waals surface area (Å²) in [6.07, 6.45) is 2.31. The van der Waals surface area contributed by atoms with Crippen molar-refractivity contribution in [1.82, 2.24) is 14.3 Å². The number of fused-ring (bicyclic) bond motifs is 1. The van der Waals surface area contributed by atoms with Gasteiger partial charge in [0.2, 0.25) is 10.0 Å². The van der Waals surface area contributed by atoms with E-state index in [-0.39, 0.29) is 52.8 Å². The van der Waals surface area contributed by atoms with Crippen LogP contribution in [0.15, 0.2) is 36.5 Å². The maximum atomic E-state index is 15.2. The van der Waals surface area contributed by atoms with Gasteiger partial charge < -0.3 is 9.64 Å². The third-order valence-corrected chi connectivity index (χ3v) is 9.56. The standard InChI is InChI=1S/C29H33F3N4O3S/c1-4-40(37,38)35-9-7-20(8-10-35)22-6-5-19(13-23(22)30)14-27-33-17-25(32)28(34-27)21-15-24(31)29-26(16-21)36(18(2)3)11-12-39-29/h5-6,13,15-18,20H,4,7-12,14H2,1-3H3. The molecule has 0 aliphatic carbocycles. The van der Waals surface area contributed by atoms with Crippen molar-refractivity contribution < 1.29 is 26.3 Å². The molecule has 2 aromatic carbocycles. The lowest BCUT2D eigenvalue weighted by molar-refractivity contribution is 0.287. The van der Waals surface area contributed by atoms with Gasteiger partial charge in [0.15, 0.2) is 17.4 Å². The molecule has 0 atom stereocenters. The monoisotopic (exact) mass is 574 g/mol. The fourth-order valence-electron chi connectivity index (χ4n) is 5.49. The average Bonchev–Trinajstić information content (AvgIpc) is 2.94. The molecule has 3 heterocycles. The van der Waals surface area contributed by atoms with Gasteiger partial charge >= 0.3 is 0 Å². The van der Waals surface area contributed by atoms with Crippen molar-refractivity contribution in [2.45, 2.75) is 52.0 Å². The first-order valence-corrected chi connectivity index (χ1v) is 15.2. The lowest BCUT2D eigenvalue weighted by atomic mass is 9.89. The molecule has 0 amide bonds. The van der Waals surface area contributed by atoms with Gasteiger partial charge in [0.05, 0.1) is 24.2 Å². The van der Waals surface area contributed by atoms with E-state index < -0.39 is 21.7 Å². The third kappa shape index (κ3) is 5.67. The van der Waals surface area contributed by atoms with E-state index in [9.17, 15) is 17.2 Å². The van der Waals surface area contributed by atoms with Crippen molar-refractivity contribution in [3.05, 3.63) is 70.9 Å². The summed E-state index contributed by atoms with van der Waals surface area (Å²) in [5, 5.41) is 0. The summed E-state index contributed by atoms with van der Waals surface area (Å²) in [6.45, 7) is 7.30. The Kier molecular flexibility index (Phi) is 8.05. The highest BCUT2D eigenvalue weighted by Gasteiger charge is 2.29. The largest absolute Gasteiger partial charge is 0.486 e. The molecule has 11 heteroatoms. The van der Waals surface area contributed by atoms with Crippen LogP contribution in [0.5, 0.6) is 5.75 Å². The van der Waals surface area contributed by atoms with Crippen molar-refractivity contribution in [1.29, 1.82) is 0 Å². The summed E-state index contributed by atoms with van der Waals surface area (Å²) < 4.78 is 76.3. The molecule has 2 aliphatic heterocycles. The molecule has 1 saturated heterocycles. The molecule has 0 N–H and O–H groups in total. The maximum Gasteiger partial charge on any atom is 0.213 e. The SMILES string of the molecule is CCS(=O)(=O)N1CCC(c2ccc(Cc3ncc(F)c(-c4cc(F)c5c(c4)N(C(C)C)CCO5)n3)cc2F)CC1. The number of rotatable bonds is 7. The Morgan fingerprint density at radius 2 is 1.77 bits per heavy atom. The van der Waals surface area contributed by atoms with E-state index in [1.165, 1.54) is 16.4 Å². The van der Waals surface area contributed by atoms with E-state index in [4.69, 9.17) is 4.74 Å². The molecule has 2 aliphatic rings. The van der Waals surface area contributed by atoms with Gasteiger partial charge in [-0.05, 0) is 68.9 Å². The molecular weight excluding hydrogens is 541 g/mol. The van der Waals surface area contributed by atoms with Crippen molar-refractivity contribution in [3.63, 3.8) is 0 Å². The minimum absolute atomic E-state index is 0.0353. The Hall–Kier alpha value is -3.18. The molecule has 0 radical (unpaired) electrons. The van der Waals surface area contributed by atoms with Gasteiger partial charge in [-0.15, -0.1) is 0 Å². The number of anilines is 1. The molecule has 1 fully saturated rings. The zero-order valence-electron chi connectivity index (χ0n) is 22.8. The van der Waals surface area contributed by atoms with Gasteiger partial charge in [0.1, 0.15) is 23.9 Å². The number of sulfonamides is 1. The van der Waals surface area contributed by atoms with Crippen LogP contribution in [0, 0.1) is 17.5 Å². The number of hydrogen-bond donors (Lipinski definition) is 0. The van der Waals surface area contributed by atoms with E-state index in [0.29, 0.717) is 55.9 Å². The predicted octanol–water partition coefficient (Wildman–Crippen LogP) is 5.29. The average molecular weight is 575 g/mol. The summed E-state index contributed by atoms with van der Waals surface area (Å²) in [7, 11) is -3.25. The highest BCUT2D eigenvalue weighted by molar-refractivity contribution is 7.89. The second-order valence-corrected chi connectivity index (χ2v) is 12.8. The fraction of sp³-hybridized carbons (Fsp3) is 0.448. The number of piperidine rings is 1. The molecule has 0 unspecified atom stereocenters. The van der Waals surface area contributed by atoms with Crippen LogP contribution in [0.3, 0.4) is 0 Å². The number of ether oxygens (including phenoxy) is 1. The van der Waals surface area contributed by atoms with E-state index >= 15 is 4.39 Å². The predicted molar refractivity (Wildman–Crippen MR) is 148 cm³/mol. The molecule has 3 aromatic rings. The van der Waals surface area contributed by atoms with Gasteiger partial charge in [0, 0.05) is 31.1 Å². The zero-order valence-corrected chi connectivity index (χ0v) is 23.6. The molecule has 5 rings (SSSR count). The van der Waals surface area contributed by atoms with Crippen LogP contribution in [0.1, 0.15) is 56.5 Å². The van der Waals surface area contributed by atoms with Gasteiger partial charge in [-0.2, -0.15) is 0 Å². The van der Waals surface area contributed by atoms with E-state index in [1.807, 2.05) is 18.7 Å². The first-order chi connectivity index (χ1) is 19.1. The van der Waals surface area contributed by atoms with Crippen LogP contribution in [0.2, 0.25) is 0 Å². The first-order valence-electron chi connectivity index (χ1n) is 13.6. The minimum Gasteiger partial charge on any atom is -0.486 e. The molecule has 1 aromatic heterocycles. The molecule has 214 valence electrons. The Morgan fingerprint density at radius 3 is 2.45 bits per heavy atom. The molecule has 0 saturated carbocycles. The lowest BCUT2D eigenvalue weighted by Crippen LogP contribution is -2.38. The van der Waals surface area contributed by atoms with Crippen LogP contribution < -0.4 is 9.64 Å². The van der Waals surface area contributed by atoms with Crippen LogP contribution in [0.4, 0.5) is 18.9 Å². The molecule has 40 heavy (non-hydrogen) atoms. The van der Waals surface area contributed by atoms with Gasteiger partial charge in [-0.25, -0.2) is 35.9 Å². The van der Waals surface area contributed by atoms with Crippen LogP contribution in [0.25, 0.3) is 11.3 Å². The fourth-order valence-corrected chi connectivity index (χ4v) is 6.62. The van der Waals surface area contributed by atoms with Gasteiger partial charge in [-0.1, -0.05) is 12.1 Å². The summed E-state index contributed by atoms with van der Waals surface area (Å²) in [5.41, 5.74) is 1.95. The van der Waals surface area contributed by atoms with Gasteiger partial charge in [0.25, 0.3) is 0 Å². The number of nitrogens with zero attached hydrogens (tertiary/aromatic N) is 4. The second kappa shape index (κ2) is 11.4. The number of aromatic nitrogens is 2. The normalized spacial score (nSPS) is 16.7. The number of halogens is 3. The summed E-state index contributed by atoms with van der Waals surface area (Å²) in [6, 6.07) is 7.92. The van der Waals surface area contributed by atoms with E-state index in [0.717, 1.165) is 6.20 Å². The first kappa shape index (κ1) is 28.4.